The minimum atomic E-state index is 0. The van der Waals surface area contributed by atoms with Crippen molar-refractivity contribution >= 4 is 11.4 Å². The molecule has 2 nitrogen and oxygen atoms in total. The van der Waals surface area contributed by atoms with Gasteiger partial charge in [0.05, 0.1) is 0 Å². The first-order valence-corrected chi connectivity index (χ1v) is 41.9. The van der Waals surface area contributed by atoms with Crippen molar-refractivity contribution in [2.24, 2.45) is 0 Å². The van der Waals surface area contributed by atoms with Crippen LogP contribution in [0.25, 0.3) is 16.9 Å². The third kappa shape index (κ3) is 46.2. The summed E-state index contributed by atoms with van der Waals surface area (Å²) in [5.41, 5.74) is 28.2. The van der Waals surface area contributed by atoms with Gasteiger partial charge in [0.2, 0.25) is 11.4 Å². The van der Waals surface area contributed by atoms with Gasteiger partial charge in [-0.25, -0.2) is 4.70 Å². The van der Waals surface area contributed by atoms with E-state index in [2.05, 4.69) is 107 Å². The van der Waals surface area contributed by atoms with E-state index < -0.39 is 0 Å². The van der Waals surface area contributed by atoms with Crippen molar-refractivity contribution in [3.63, 3.8) is 0 Å². The molecule has 3 heteroatoms. The van der Waals surface area contributed by atoms with Crippen molar-refractivity contribution in [1.82, 2.24) is 0 Å². The van der Waals surface area contributed by atoms with E-state index in [0.29, 0.717) is 0 Å². The Hall–Kier alpha value is -1.82. The maximum atomic E-state index is 12.3. The topological polar surface area (TPSA) is 25.3 Å². The molecule has 0 saturated heterocycles. The van der Waals surface area contributed by atoms with E-state index in [0.717, 1.165) is 81.2 Å². The van der Waals surface area contributed by atoms with Crippen LogP contribution in [0, 0.1) is 34.6 Å². The molecule has 1 aliphatic heterocycles. The summed E-state index contributed by atoms with van der Waals surface area (Å²) in [5, 5.41) is 0. The van der Waals surface area contributed by atoms with E-state index in [-0.39, 0.29) is 20.4 Å². The molecule has 0 unspecified atom stereocenters. The molecule has 0 radical (unpaired) electrons. The molecule has 2 aromatic rings. The number of hydrogen-bond acceptors (Lipinski definition) is 0. The fourth-order valence-corrected chi connectivity index (χ4v) is 14.3. The number of rotatable bonds is 62. The van der Waals surface area contributed by atoms with Crippen molar-refractivity contribution < 1.29 is 25.1 Å². The van der Waals surface area contributed by atoms with Gasteiger partial charge in [-0.05, 0) is 143 Å². The Labute approximate surface area is 599 Å². The maximum Gasteiger partial charge on any atom is 2.00 e. The van der Waals surface area contributed by atoms with Crippen LogP contribution in [0.4, 0.5) is 0 Å². The monoisotopic (exact) mass is 1380 g/mol. The molecular weight excluding hydrogens is 1220 g/mol. The molecule has 93 heavy (non-hydrogen) atoms. The van der Waals surface area contributed by atoms with Gasteiger partial charge in [0.1, 0.15) is 0 Å². The molecule has 1 aliphatic rings. The Bertz CT molecular complexity index is 1910. The molecule has 0 amide bonds. The van der Waals surface area contributed by atoms with Crippen LogP contribution in [0.3, 0.4) is 0 Å². The SMILES string of the molecule is CCCCCc1cc(C2=C(CCCC)C(CCCC)=C(c3cc(C)c(C)c(C)c3)[N+]2=[N-])cc(CCCCC)c1CCCCC.[CH2-]CCCCCCCCCCCCCCCCCCCCCCC.[CH2-]CCCCCCCCCCCCCCCCCCCCCCC.[Pd+2]. The van der Waals surface area contributed by atoms with Crippen molar-refractivity contribution in [1.29, 1.82) is 0 Å². The zero-order valence-electron chi connectivity index (χ0n) is 64.8. The second-order valence-electron chi connectivity index (χ2n) is 29.4. The minimum absolute atomic E-state index is 0. The molecule has 2 aromatic carbocycles. The first-order valence-electron chi connectivity index (χ1n) is 41.9. The van der Waals surface area contributed by atoms with Gasteiger partial charge in [-0.15, -0.1) is 0 Å². The number of hydrogen-bond donors (Lipinski definition) is 0. The van der Waals surface area contributed by atoms with Crippen LogP contribution in [-0.4, -0.2) is 4.70 Å². The fraction of sp³-hybridized carbons (Fsp3) is 0.800. The number of nitrogens with zero attached hydrogens (tertiary/aromatic N) is 2. The summed E-state index contributed by atoms with van der Waals surface area (Å²) in [6, 6.07) is 9.60. The maximum absolute atomic E-state index is 12.3. The van der Waals surface area contributed by atoms with E-state index in [9.17, 15) is 5.53 Å². The second kappa shape index (κ2) is 67.4. The molecule has 3 rings (SSSR count). The predicted molar refractivity (Wildman–Crippen MR) is 419 cm³/mol. The molecule has 0 aliphatic carbocycles. The Morgan fingerprint density at radius 3 is 0.731 bits per heavy atom. The van der Waals surface area contributed by atoms with Crippen LogP contribution < -0.4 is 0 Å². The molecule has 0 aromatic heterocycles. The van der Waals surface area contributed by atoms with E-state index in [1.807, 2.05) is 0 Å². The number of allylic oxidation sites excluding steroid dienone is 2. The smallest absolute Gasteiger partial charge is 0.493 e. The molecule has 0 saturated carbocycles. The van der Waals surface area contributed by atoms with Crippen LogP contribution in [0.2, 0.25) is 0 Å². The molecule has 0 fully saturated rings. The molecule has 0 N–H and O–H groups in total. The van der Waals surface area contributed by atoms with Gasteiger partial charge >= 0.3 is 20.4 Å². The molecule has 542 valence electrons. The summed E-state index contributed by atoms with van der Waals surface area (Å²) >= 11 is 0. The summed E-state index contributed by atoms with van der Waals surface area (Å²) in [6.07, 6.45) is 85.0. The predicted octanol–water partition coefficient (Wildman–Crippen LogP) is 32.2. The Morgan fingerprint density at radius 1 is 0.269 bits per heavy atom. The van der Waals surface area contributed by atoms with E-state index in [4.69, 9.17) is 0 Å². The van der Waals surface area contributed by atoms with Crippen molar-refractivity contribution in [2.45, 2.75) is 467 Å². The second-order valence-corrected chi connectivity index (χ2v) is 29.4. The van der Waals surface area contributed by atoms with Crippen molar-refractivity contribution in [3.05, 3.63) is 99.3 Å². The van der Waals surface area contributed by atoms with Crippen LogP contribution in [0.1, 0.15) is 472 Å². The standard InChI is InChI=1S/C42H64N2.2C24H49.Pd/c1-9-14-19-22-34-29-37(30-35(23-20-15-10-2)38(34)26-21-16-11-3)42-40(25-18-13-5)39(24-17-12-4)41(44(42)43)36-27-31(6)33(8)32(7)28-36;2*1-3-5-7-9-11-13-15-17-19-21-23-24-22-20-18-16-14-12-10-8-6-4-2;/h27-30H,9-26H2,1-8H3;2*1,3-24H2,2H3;/q;2*-1;+2. The van der Waals surface area contributed by atoms with Gasteiger partial charge in [-0.1, -0.05) is 370 Å². The van der Waals surface area contributed by atoms with Crippen LogP contribution >= 0.6 is 0 Å². The molecule has 0 spiro atoms. The average molecular weight is 1380 g/mol. The Balaban J connectivity index is 0.00000148. The molecular formula is C90H162N2Pd. The van der Waals surface area contributed by atoms with E-state index in [1.165, 1.54) is 367 Å². The molecule has 0 atom stereocenters. The quantitative estimate of drug-likeness (QED) is 0.0273. The largest absolute Gasteiger partial charge is 2.00 e. The van der Waals surface area contributed by atoms with Crippen molar-refractivity contribution in [3.8, 4) is 0 Å². The summed E-state index contributed by atoms with van der Waals surface area (Å²) in [6.45, 7) is 30.5. The summed E-state index contributed by atoms with van der Waals surface area (Å²) < 4.78 is 1.62. The average Bonchev–Trinajstić information content (AvgIpc) is 1.62. The van der Waals surface area contributed by atoms with Crippen molar-refractivity contribution in [2.75, 3.05) is 0 Å². The summed E-state index contributed by atoms with van der Waals surface area (Å²) in [7, 11) is 0. The first-order chi connectivity index (χ1) is 45.1. The molecule has 1 heterocycles. The van der Waals surface area contributed by atoms with Crippen LogP contribution in [-0.2, 0) is 39.7 Å². The van der Waals surface area contributed by atoms with E-state index >= 15 is 0 Å². The van der Waals surface area contributed by atoms with Crippen LogP contribution in [0.5, 0.6) is 0 Å². The third-order valence-corrected chi connectivity index (χ3v) is 20.7. The van der Waals surface area contributed by atoms with Gasteiger partial charge in [0.15, 0.2) is 0 Å². The zero-order chi connectivity index (χ0) is 67.2. The third-order valence-electron chi connectivity index (χ3n) is 20.7. The number of benzene rings is 2. The normalized spacial score (nSPS) is 12.2. The Morgan fingerprint density at radius 2 is 0.484 bits per heavy atom. The van der Waals surface area contributed by atoms with Gasteiger partial charge in [0.25, 0.3) is 0 Å². The summed E-state index contributed by atoms with van der Waals surface area (Å²) in [5.74, 6) is 0. The van der Waals surface area contributed by atoms with Gasteiger partial charge in [-0.3, -0.25) is 0 Å². The zero-order valence-corrected chi connectivity index (χ0v) is 66.3. The Kier molecular flexibility index (Phi) is 66.1. The minimum Gasteiger partial charge on any atom is -0.493 e. The van der Waals surface area contributed by atoms with Crippen LogP contribution in [0.15, 0.2) is 35.4 Å². The molecule has 0 bridgehead atoms. The number of unbranched alkanes of at least 4 members (excludes halogenated alkanes) is 50. The number of aryl methyl sites for hydroxylation is 4. The fourth-order valence-electron chi connectivity index (χ4n) is 14.3. The summed E-state index contributed by atoms with van der Waals surface area (Å²) in [4.78, 5) is 0. The van der Waals surface area contributed by atoms with Gasteiger partial charge in [0, 0.05) is 22.3 Å². The van der Waals surface area contributed by atoms with E-state index in [1.54, 1.807) is 21.4 Å². The van der Waals surface area contributed by atoms with Gasteiger partial charge < -0.3 is 19.4 Å². The first kappa shape index (κ1) is 91.2. The van der Waals surface area contributed by atoms with Gasteiger partial charge in [-0.2, -0.15) is 12.8 Å².